The van der Waals surface area contributed by atoms with Gasteiger partial charge in [0.05, 0.1) is 44.5 Å². The molecule has 0 amide bonds. The highest BCUT2D eigenvalue weighted by molar-refractivity contribution is 7.20. The summed E-state index contributed by atoms with van der Waals surface area (Å²) in [7, 11) is 0. The van der Waals surface area contributed by atoms with Crippen molar-refractivity contribution in [2.75, 3.05) is 0 Å². The lowest BCUT2D eigenvalue weighted by Crippen LogP contribution is -3.61. The van der Waals surface area contributed by atoms with Gasteiger partial charge in [0.15, 0.2) is 0 Å². The number of halogens is 25. The van der Waals surface area contributed by atoms with Gasteiger partial charge in [-0.3, -0.25) is 0 Å². The third-order valence-electron chi connectivity index (χ3n) is 10.0. The van der Waals surface area contributed by atoms with Crippen LogP contribution in [0.25, 0.3) is 0 Å². The van der Waals surface area contributed by atoms with Gasteiger partial charge in [0.25, 0.3) is 0 Å². The Morgan fingerprint density at radius 3 is 0.586 bits per heavy atom. The van der Waals surface area contributed by atoms with Gasteiger partial charge in [0, 0.05) is 21.9 Å². The highest BCUT2D eigenvalue weighted by atomic mass is 127. The van der Waals surface area contributed by atoms with E-state index in [2.05, 4.69) is 38.1 Å². The van der Waals surface area contributed by atoms with Gasteiger partial charge in [-0.25, -0.2) is 0 Å². The summed E-state index contributed by atoms with van der Waals surface area (Å²) in [5, 5.41) is 0. The SMILES string of the molecule is Cc1ccc([I+]c2ccc(C)s2)s1.FC(F)(F)c1cc([B-](c2cc(C(F)(F)F)cc(C(F)(F)F)c2)(c2cc(C(F)(F)F)cc(C(F)(F)F)c2)c2cc(C(F)(F)F)cc(C(F)(F)F)c2)cc(C(F)(F)F)c1. The Balaban J connectivity index is 0.000000600. The fraction of sp³-hybridized carbons (Fsp3) is 0.238. The molecule has 0 fully saturated rings. The molecule has 0 bridgehead atoms. The summed E-state index contributed by atoms with van der Waals surface area (Å²) >= 11 is 4.00. The minimum Gasteiger partial charge on any atom is -0.194 e. The number of thiophene rings is 2. The molecule has 0 aliphatic carbocycles. The molecule has 0 radical (unpaired) electrons. The Morgan fingerprint density at radius 2 is 0.457 bits per heavy atom. The monoisotopic (exact) mass is 1180 g/mol. The normalized spacial score (nSPS) is 13.6. The summed E-state index contributed by atoms with van der Waals surface area (Å²) in [5.41, 5.74) is -30.2. The van der Waals surface area contributed by atoms with Crippen molar-refractivity contribution in [3.05, 3.63) is 157 Å². The highest BCUT2D eigenvalue weighted by Gasteiger charge is 2.47. The van der Waals surface area contributed by atoms with Crippen LogP contribution in [0.4, 0.5) is 105 Å². The van der Waals surface area contributed by atoms with Crippen molar-refractivity contribution in [3.63, 3.8) is 0 Å². The van der Waals surface area contributed by atoms with E-state index in [-0.39, 0.29) is 21.2 Å². The molecule has 0 aliphatic rings. The van der Waals surface area contributed by atoms with Gasteiger partial charge in [0.1, 0.15) is 6.15 Å². The van der Waals surface area contributed by atoms with E-state index in [0.717, 1.165) is 0 Å². The summed E-state index contributed by atoms with van der Waals surface area (Å²) in [6, 6.07) is 0.195. The van der Waals surface area contributed by atoms with Crippen LogP contribution in [0.3, 0.4) is 0 Å². The molecule has 0 saturated carbocycles. The zero-order chi connectivity index (χ0) is 53.2. The minimum atomic E-state index is -6.13. The lowest BCUT2D eigenvalue weighted by molar-refractivity contribution is -0.585. The molecule has 0 atom stereocenters. The van der Waals surface area contributed by atoms with Gasteiger partial charge in [-0.05, 0) is 50.2 Å². The number of hydrogen-bond acceptors (Lipinski definition) is 2. The molecule has 4 aromatic carbocycles. The molecule has 0 spiro atoms. The van der Waals surface area contributed by atoms with Crippen LogP contribution in [0.1, 0.15) is 54.3 Å². The van der Waals surface area contributed by atoms with Gasteiger partial charge in [-0.2, -0.15) is 127 Å². The molecule has 28 heteroatoms. The van der Waals surface area contributed by atoms with E-state index in [1.54, 1.807) is 5.77 Å². The fourth-order valence-corrected chi connectivity index (χ4v) is 13.7. The molecular formula is C42H22BF24IS2. The van der Waals surface area contributed by atoms with Crippen LogP contribution < -0.4 is 43.1 Å². The van der Waals surface area contributed by atoms with E-state index in [1.807, 2.05) is 22.7 Å². The summed E-state index contributed by atoms with van der Waals surface area (Å²) in [6.45, 7) is 4.36. The molecule has 6 rings (SSSR count). The summed E-state index contributed by atoms with van der Waals surface area (Å²) in [4.78, 5) is 2.87. The summed E-state index contributed by atoms with van der Waals surface area (Å²) in [5.74, 6) is 0. The maximum absolute atomic E-state index is 14.2. The number of alkyl halides is 24. The average Bonchev–Trinajstić information content (AvgIpc) is 3.81. The molecule has 2 heterocycles. The molecule has 0 unspecified atom stereocenters. The van der Waals surface area contributed by atoms with Crippen LogP contribution >= 0.6 is 22.7 Å². The van der Waals surface area contributed by atoms with Crippen molar-refractivity contribution >= 4 is 50.7 Å². The first-order valence-corrected chi connectivity index (χ1v) is 22.4. The van der Waals surface area contributed by atoms with Crippen molar-refractivity contribution in [3.8, 4) is 0 Å². The molecule has 380 valence electrons. The molecule has 2 aromatic heterocycles. The van der Waals surface area contributed by atoms with Gasteiger partial charge in [0.2, 0.25) is 5.77 Å². The fourth-order valence-electron chi connectivity index (χ4n) is 7.07. The predicted molar refractivity (Wildman–Crippen MR) is 206 cm³/mol. The Labute approximate surface area is 396 Å². The number of rotatable bonds is 6. The first kappa shape index (κ1) is 56.3. The third kappa shape index (κ3) is 13.1. The molecule has 0 nitrogen and oxygen atoms in total. The van der Waals surface area contributed by atoms with E-state index in [4.69, 9.17) is 0 Å². The lowest BCUT2D eigenvalue weighted by atomic mass is 9.12. The van der Waals surface area contributed by atoms with Gasteiger partial charge >= 0.3 is 70.6 Å². The largest absolute Gasteiger partial charge is 0.416 e. The van der Waals surface area contributed by atoms with Crippen LogP contribution in [0.2, 0.25) is 0 Å². The van der Waals surface area contributed by atoms with Crippen LogP contribution in [0.5, 0.6) is 0 Å². The van der Waals surface area contributed by atoms with Crippen LogP contribution in [0.15, 0.2) is 97.1 Å². The average molecular weight is 1180 g/mol. The van der Waals surface area contributed by atoms with E-state index in [9.17, 15) is 105 Å². The quantitative estimate of drug-likeness (QED) is 0.0886. The number of hydrogen-bond donors (Lipinski definition) is 0. The van der Waals surface area contributed by atoms with E-state index < -0.39 is 195 Å². The second kappa shape index (κ2) is 19.1. The lowest BCUT2D eigenvalue weighted by Gasteiger charge is -2.46. The Kier molecular flexibility index (Phi) is 15.4. The van der Waals surface area contributed by atoms with Crippen molar-refractivity contribution in [2.24, 2.45) is 0 Å². The van der Waals surface area contributed by atoms with Crippen molar-refractivity contribution in [2.45, 2.75) is 63.3 Å². The standard InChI is InChI=1S/C32H12BF24.C10H10IS2/c34-25(35,36)13-1-14(26(37,38)39)6-21(5-13)33(22-7-15(27(40,41)42)2-16(8-22)28(43,44)45,23-9-17(29(46,47)48)3-18(10-23)30(49,50)51)24-11-19(31(52,53)54)4-20(12-24)32(55,56)57;1-7-3-5-9(12-7)11-10-6-4-8(2)13-10/h1-12H;3-6H,1-2H3/q-1;+1. The van der Waals surface area contributed by atoms with E-state index >= 15 is 0 Å². The maximum atomic E-state index is 14.2. The van der Waals surface area contributed by atoms with Crippen LogP contribution in [0, 0.1) is 19.6 Å². The zero-order valence-corrected chi connectivity index (χ0v) is 37.9. The molecule has 0 N–H and O–H groups in total. The Morgan fingerprint density at radius 1 is 0.286 bits per heavy atom. The number of aryl methyl sites for hydroxylation is 2. The molecule has 0 saturated heterocycles. The molecule has 6 aromatic rings. The van der Waals surface area contributed by atoms with Crippen LogP contribution in [-0.4, -0.2) is 6.15 Å². The zero-order valence-electron chi connectivity index (χ0n) is 34.1. The highest BCUT2D eigenvalue weighted by Crippen LogP contribution is 2.41. The van der Waals surface area contributed by atoms with Crippen molar-refractivity contribution < 1.29 is 127 Å². The first-order chi connectivity index (χ1) is 31.5. The van der Waals surface area contributed by atoms with Gasteiger partial charge in [-0.1, -0.05) is 71.2 Å². The smallest absolute Gasteiger partial charge is 0.194 e. The topological polar surface area (TPSA) is 0 Å². The molecular weight excluding hydrogens is 1160 g/mol. The van der Waals surface area contributed by atoms with Crippen molar-refractivity contribution in [1.29, 1.82) is 0 Å². The van der Waals surface area contributed by atoms with Gasteiger partial charge in [-0.15, -0.1) is 0 Å². The molecule has 0 aliphatic heterocycles. The Hall–Kier alpha value is -4.61. The maximum Gasteiger partial charge on any atom is 0.416 e. The van der Waals surface area contributed by atoms with E-state index in [0.29, 0.717) is 0 Å². The third-order valence-corrected chi connectivity index (χ3v) is 15.8. The van der Waals surface area contributed by atoms with Crippen LogP contribution in [-0.2, 0) is 49.4 Å². The van der Waals surface area contributed by atoms with Gasteiger partial charge < -0.3 is 0 Å². The van der Waals surface area contributed by atoms with Crippen molar-refractivity contribution in [1.82, 2.24) is 0 Å². The Bertz CT molecular complexity index is 2360. The summed E-state index contributed by atoms with van der Waals surface area (Å²) < 4.78 is 344. The second-order valence-electron chi connectivity index (χ2n) is 15.0. The first-order valence-electron chi connectivity index (χ1n) is 18.6. The minimum absolute atomic E-state index is 0.107. The van der Waals surface area contributed by atoms with E-state index in [1.165, 1.54) is 9.75 Å². The summed E-state index contributed by atoms with van der Waals surface area (Å²) in [6.07, 6.45) is -54.8. The second-order valence-corrected chi connectivity index (χ2v) is 21.9. The molecule has 70 heavy (non-hydrogen) atoms. The predicted octanol–water partition coefficient (Wildman–Crippen LogP) is 11.8. The number of benzene rings is 4.